The van der Waals surface area contributed by atoms with E-state index in [0.29, 0.717) is 6.42 Å². The van der Waals surface area contributed by atoms with Crippen molar-refractivity contribution in [3.05, 3.63) is 23.3 Å². The van der Waals surface area contributed by atoms with Gasteiger partial charge in [-0.1, -0.05) is 0 Å². The zero-order valence-electron chi connectivity index (χ0n) is 8.16. The van der Waals surface area contributed by atoms with Crippen LogP contribution in [-0.4, -0.2) is 23.4 Å². The maximum absolute atomic E-state index is 9.63. The molecule has 0 aromatic heterocycles. The molecule has 0 radical (unpaired) electrons. The molecule has 1 aliphatic rings. The van der Waals surface area contributed by atoms with Crippen LogP contribution < -0.4 is 4.74 Å². The summed E-state index contributed by atoms with van der Waals surface area (Å²) in [6.45, 7) is 0. The van der Waals surface area contributed by atoms with Crippen molar-refractivity contribution in [2.45, 2.75) is 25.4 Å². The third-order valence-electron chi connectivity index (χ3n) is 2.75. The molecule has 1 aliphatic carbocycles. The molecule has 0 saturated carbocycles. The molecular weight excluding hydrogens is 180 g/mol. The lowest BCUT2D eigenvalue weighted by Gasteiger charge is -2.23. The molecule has 0 aliphatic heterocycles. The smallest absolute Gasteiger partial charge is 0.122 e. The van der Waals surface area contributed by atoms with E-state index >= 15 is 0 Å². The molecule has 0 bridgehead atoms. The number of phenols is 1. The van der Waals surface area contributed by atoms with Crippen LogP contribution in [0.5, 0.6) is 11.5 Å². The highest BCUT2D eigenvalue weighted by molar-refractivity contribution is 5.49. The van der Waals surface area contributed by atoms with Gasteiger partial charge in [-0.15, -0.1) is 0 Å². The number of methoxy groups -OCH3 is 1. The van der Waals surface area contributed by atoms with Gasteiger partial charge < -0.3 is 14.9 Å². The summed E-state index contributed by atoms with van der Waals surface area (Å²) in [5.41, 5.74) is 1.88. The van der Waals surface area contributed by atoms with E-state index in [1.54, 1.807) is 19.2 Å². The molecule has 0 fully saturated rings. The van der Waals surface area contributed by atoms with E-state index < -0.39 is 0 Å². The molecule has 0 heterocycles. The number of aliphatic hydroxyl groups excluding tert-OH is 1. The Kier molecular flexibility index (Phi) is 2.33. The predicted molar refractivity (Wildman–Crippen MR) is 52.7 cm³/mol. The van der Waals surface area contributed by atoms with Crippen molar-refractivity contribution in [2.75, 3.05) is 7.11 Å². The predicted octanol–water partition coefficient (Wildman–Crippen LogP) is 1.25. The number of hydrogen-bond acceptors (Lipinski definition) is 3. The van der Waals surface area contributed by atoms with Gasteiger partial charge >= 0.3 is 0 Å². The number of ether oxygens (including phenoxy) is 1. The largest absolute Gasteiger partial charge is 0.508 e. The first-order valence-electron chi connectivity index (χ1n) is 4.78. The van der Waals surface area contributed by atoms with Crippen LogP contribution in [0.2, 0.25) is 0 Å². The zero-order chi connectivity index (χ0) is 10.1. The quantitative estimate of drug-likeness (QED) is 0.707. The van der Waals surface area contributed by atoms with E-state index in [1.165, 1.54) is 0 Å². The Bertz CT molecular complexity index is 347. The molecule has 2 rings (SSSR count). The number of hydrogen-bond donors (Lipinski definition) is 2. The van der Waals surface area contributed by atoms with Crippen molar-refractivity contribution in [3.63, 3.8) is 0 Å². The first-order chi connectivity index (χ1) is 6.72. The average Bonchev–Trinajstić information content (AvgIpc) is 2.19. The third-order valence-corrected chi connectivity index (χ3v) is 2.75. The molecule has 0 spiro atoms. The van der Waals surface area contributed by atoms with E-state index in [-0.39, 0.29) is 11.9 Å². The van der Waals surface area contributed by atoms with Crippen LogP contribution in [-0.2, 0) is 12.8 Å². The Hall–Kier alpha value is -1.22. The highest BCUT2D eigenvalue weighted by Crippen LogP contribution is 2.35. The molecule has 1 atom stereocenters. The number of benzene rings is 1. The summed E-state index contributed by atoms with van der Waals surface area (Å²) in [6.07, 6.45) is 1.71. The lowest BCUT2D eigenvalue weighted by atomic mass is 9.88. The topological polar surface area (TPSA) is 49.7 Å². The van der Waals surface area contributed by atoms with Crippen LogP contribution in [0.3, 0.4) is 0 Å². The minimum Gasteiger partial charge on any atom is -0.508 e. The number of aromatic hydroxyl groups is 1. The Labute approximate surface area is 83.0 Å². The van der Waals surface area contributed by atoms with Gasteiger partial charge in [-0.05, 0) is 25.0 Å². The maximum Gasteiger partial charge on any atom is 0.122 e. The first kappa shape index (κ1) is 9.34. The van der Waals surface area contributed by atoms with E-state index in [0.717, 1.165) is 29.7 Å². The Morgan fingerprint density at radius 3 is 2.86 bits per heavy atom. The summed E-state index contributed by atoms with van der Waals surface area (Å²) >= 11 is 0. The summed E-state index contributed by atoms with van der Waals surface area (Å²) in [4.78, 5) is 0. The summed E-state index contributed by atoms with van der Waals surface area (Å²) in [5, 5.41) is 19.1. The lowest BCUT2D eigenvalue weighted by Crippen LogP contribution is -2.19. The van der Waals surface area contributed by atoms with Crippen molar-refractivity contribution in [3.8, 4) is 11.5 Å². The Morgan fingerprint density at radius 2 is 2.14 bits per heavy atom. The first-order valence-corrected chi connectivity index (χ1v) is 4.78. The van der Waals surface area contributed by atoms with Gasteiger partial charge in [0.25, 0.3) is 0 Å². The van der Waals surface area contributed by atoms with Crippen LogP contribution in [0.15, 0.2) is 12.1 Å². The minimum absolute atomic E-state index is 0.263. The number of aliphatic hydroxyl groups is 1. The van der Waals surface area contributed by atoms with Crippen LogP contribution in [0, 0.1) is 0 Å². The van der Waals surface area contributed by atoms with Crippen molar-refractivity contribution in [1.29, 1.82) is 0 Å². The van der Waals surface area contributed by atoms with Crippen LogP contribution in [0.25, 0.3) is 0 Å². The van der Waals surface area contributed by atoms with Gasteiger partial charge in [0.15, 0.2) is 0 Å². The van der Waals surface area contributed by atoms with Crippen LogP contribution >= 0.6 is 0 Å². The summed E-state index contributed by atoms with van der Waals surface area (Å²) in [6, 6.07) is 3.39. The summed E-state index contributed by atoms with van der Waals surface area (Å²) in [5.74, 6) is 1.07. The molecule has 3 nitrogen and oxygen atoms in total. The standard InChI is InChI=1S/C11H14O3/c1-14-11-5-4-10(13)9-6-7(12)2-3-8(9)11/h4-5,7,12-13H,2-3,6H2,1H3. The minimum atomic E-state index is -0.333. The second-order valence-corrected chi connectivity index (χ2v) is 3.64. The highest BCUT2D eigenvalue weighted by atomic mass is 16.5. The van der Waals surface area contributed by atoms with E-state index in [2.05, 4.69) is 0 Å². The number of fused-ring (bicyclic) bond motifs is 1. The molecule has 1 aromatic carbocycles. The molecular formula is C11H14O3. The van der Waals surface area contributed by atoms with Gasteiger partial charge in [0.1, 0.15) is 11.5 Å². The second kappa shape index (κ2) is 3.50. The number of phenolic OH excluding ortho intramolecular Hbond substituents is 1. The van der Waals surface area contributed by atoms with Gasteiger partial charge in [-0.25, -0.2) is 0 Å². The van der Waals surface area contributed by atoms with Gasteiger partial charge in [-0.2, -0.15) is 0 Å². The third kappa shape index (κ3) is 1.44. The fourth-order valence-corrected chi connectivity index (χ4v) is 2.00. The van der Waals surface area contributed by atoms with Crippen molar-refractivity contribution in [2.24, 2.45) is 0 Å². The molecule has 0 saturated heterocycles. The monoisotopic (exact) mass is 194 g/mol. The molecule has 1 unspecified atom stereocenters. The fraction of sp³-hybridized carbons (Fsp3) is 0.455. The van der Waals surface area contributed by atoms with Crippen LogP contribution in [0.1, 0.15) is 17.5 Å². The molecule has 2 N–H and O–H groups in total. The lowest BCUT2D eigenvalue weighted by molar-refractivity contribution is 0.156. The second-order valence-electron chi connectivity index (χ2n) is 3.64. The summed E-state index contributed by atoms with van der Waals surface area (Å²) in [7, 11) is 1.62. The Balaban J connectivity index is 2.49. The van der Waals surface area contributed by atoms with E-state index in [4.69, 9.17) is 4.74 Å². The maximum atomic E-state index is 9.63. The van der Waals surface area contributed by atoms with Crippen molar-refractivity contribution >= 4 is 0 Å². The summed E-state index contributed by atoms with van der Waals surface area (Å²) < 4.78 is 5.21. The normalized spacial score (nSPS) is 20.3. The SMILES string of the molecule is COc1ccc(O)c2c1CCC(O)C2. The van der Waals surface area contributed by atoms with Gasteiger partial charge in [-0.3, -0.25) is 0 Å². The van der Waals surface area contributed by atoms with Crippen molar-refractivity contribution < 1.29 is 14.9 Å². The zero-order valence-corrected chi connectivity index (χ0v) is 8.16. The van der Waals surface area contributed by atoms with Gasteiger partial charge in [0.05, 0.1) is 13.2 Å². The van der Waals surface area contributed by atoms with Gasteiger partial charge in [0.2, 0.25) is 0 Å². The average molecular weight is 194 g/mol. The fourth-order valence-electron chi connectivity index (χ4n) is 2.00. The van der Waals surface area contributed by atoms with Gasteiger partial charge in [0, 0.05) is 17.5 Å². The van der Waals surface area contributed by atoms with E-state index in [1.807, 2.05) is 0 Å². The highest BCUT2D eigenvalue weighted by Gasteiger charge is 2.22. The molecule has 76 valence electrons. The van der Waals surface area contributed by atoms with Crippen LogP contribution in [0.4, 0.5) is 0 Å². The van der Waals surface area contributed by atoms with Crippen molar-refractivity contribution in [1.82, 2.24) is 0 Å². The molecule has 3 heteroatoms. The van der Waals surface area contributed by atoms with E-state index in [9.17, 15) is 10.2 Å². The molecule has 14 heavy (non-hydrogen) atoms. The Morgan fingerprint density at radius 1 is 1.36 bits per heavy atom. The molecule has 0 amide bonds. The number of rotatable bonds is 1. The molecule has 1 aromatic rings.